The molecule has 0 aliphatic carbocycles. The highest BCUT2D eigenvalue weighted by Crippen LogP contribution is 2.33. The summed E-state index contributed by atoms with van der Waals surface area (Å²) in [7, 11) is -3.80. The molecule has 168 valence electrons. The van der Waals surface area contributed by atoms with E-state index >= 15 is 0 Å². The highest BCUT2D eigenvalue weighted by Gasteiger charge is 2.28. The number of carbonyl (C=O) groups is 1. The molecule has 1 saturated heterocycles. The van der Waals surface area contributed by atoms with Gasteiger partial charge in [0.25, 0.3) is 0 Å². The standard InChI is InChI=1S/C20H23Cl2N3O5S/c1-2-30-20-16(22)4-3-5-17(20)23-13-19(26)24-14-6-7-15(21)18(12-14)31(27,28)25-8-10-29-11-9-25/h3-7,12,23H,2,8-11,13H2,1H3,(H,24,26). The fourth-order valence-corrected chi connectivity index (χ4v) is 5.16. The molecule has 8 nitrogen and oxygen atoms in total. The maximum absolute atomic E-state index is 12.9. The van der Waals surface area contributed by atoms with Crippen molar-refractivity contribution in [2.24, 2.45) is 0 Å². The Balaban J connectivity index is 1.70. The quantitative estimate of drug-likeness (QED) is 0.591. The van der Waals surface area contributed by atoms with Crippen LogP contribution in [0, 0.1) is 0 Å². The van der Waals surface area contributed by atoms with Gasteiger partial charge in [0.1, 0.15) is 4.90 Å². The number of para-hydroxylation sites is 1. The van der Waals surface area contributed by atoms with Crippen LogP contribution in [0.4, 0.5) is 11.4 Å². The number of carbonyl (C=O) groups excluding carboxylic acids is 1. The molecule has 0 unspecified atom stereocenters. The average Bonchev–Trinajstić information content (AvgIpc) is 2.76. The van der Waals surface area contributed by atoms with E-state index in [9.17, 15) is 13.2 Å². The van der Waals surface area contributed by atoms with Crippen LogP contribution in [0.5, 0.6) is 5.75 Å². The van der Waals surface area contributed by atoms with Crippen LogP contribution in [0.3, 0.4) is 0 Å². The molecule has 0 atom stereocenters. The number of ether oxygens (including phenoxy) is 2. The molecule has 1 fully saturated rings. The zero-order chi connectivity index (χ0) is 22.4. The fraction of sp³-hybridized carbons (Fsp3) is 0.350. The third-order valence-corrected chi connectivity index (χ3v) is 7.18. The summed E-state index contributed by atoms with van der Waals surface area (Å²) in [5.74, 6) is 0.0873. The number of rotatable bonds is 8. The number of halogens is 2. The van der Waals surface area contributed by atoms with Gasteiger partial charge in [0.15, 0.2) is 5.75 Å². The first-order valence-electron chi connectivity index (χ1n) is 9.65. The first-order valence-corrected chi connectivity index (χ1v) is 11.8. The molecule has 1 aliphatic rings. The number of morpholine rings is 1. The number of amides is 1. The highest BCUT2D eigenvalue weighted by atomic mass is 35.5. The largest absolute Gasteiger partial charge is 0.490 e. The maximum Gasteiger partial charge on any atom is 0.244 e. The number of nitrogens with one attached hydrogen (secondary N) is 2. The van der Waals surface area contributed by atoms with Gasteiger partial charge < -0.3 is 20.1 Å². The SMILES string of the molecule is CCOc1c(Cl)cccc1NCC(=O)Nc1ccc(Cl)c(S(=O)(=O)N2CCOCC2)c1. The van der Waals surface area contributed by atoms with Crippen molar-refractivity contribution in [3.05, 3.63) is 46.4 Å². The summed E-state index contributed by atoms with van der Waals surface area (Å²) < 4.78 is 37.9. The molecule has 2 aromatic carbocycles. The van der Waals surface area contributed by atoms with Crippen LogP contribution in [-0.4, -0.2) is 58.1 Å². The Hall–Kier alpha value is -2.04. The molecule has 0 bridgehead atoms. The molecule has 0 aromatic heterocycles. The van der Waals surface area contributed by atoms with Crippen LogP contribution in [0.1, 0.15) is 6.92 Å². The van der Waals surface area contributed by atoms with E-state index in [2.05, 4.69) is 10.6 Å². The lowest BCUT2D eigenvalue weighted by atomic mass is 10.3. The lowest BCUT2D eigenvalue weighted by molar-refractivity contribution is -0.114. The van der Waals surface area contributed by atoms with Gasteiger partial charge in [-0.3, -0.25) is 4.79 Å². The van der Waals surface area contributed by atoms with Gasteiger partial charge in [-0.05, 0) is 37.3 Å². The zero-order valence-electron chi connectivity index (χ0n) is 16.9. The van der Waals surface area contributed by atoms with E-state index in [1.165, 1.54) is 16.4 Å². The highest BCUT2D eigenvalue weighted by molar-refractivity contribution is 7.89. The van der Waals surface area contributed by atoms with E-state index in [0.717, 1.165) is 0 Å². The minimum Gasteiger partial charge on any atom is -0.490 e. The van der Waals surface area contributed by atoms with Gasteiger partial charge in [0, 0.05) is 18.8 Å². The predicted octanol–water partition coefficient (Wildman–Crippen LogP) is 3.46. The topological polar surface area (TPSA) is 97.0 Å². The lowest BCUT2D eigenvalue weighted by Gasteiger charge is -2.26. The Morgan fingerprint density at radius 3 is 2.61 bits per heavy atom. The Kier molecular flexibility index (Phi) is 8.01. The number of benzene rings is 2. The predicted molar refractivity (Wildman–Crippen MR) is 121 cm³/mol. The third-order valence-electron chi connectivity index (χ3n) is 4.50. The molecule has 1 amide bonds. The first kappa shape index (κ1) is 23.6. The summed E-state index contributed by atoms with van der Waals surface area (Å²) in [4.78, 5) is 12.4. The van der Waals surface area contributed by atoms with Crippen LogP contribution in [0.15, 0.2) is 41.3 Å². The number of sulfonamides is 1. The summed E-state index contributed by atoms with van der Waals surface area (Å²) in [6, 6.07) is 9.54. The Bertz CT molecular complexity index is 1040. The number of anilines is 2. The van der Waals surface area contributed by atoms with E-state index in [1.54, 1.807) is 24.3 Å². The second kappa shape index (κ2) is 10.5. The lowest BCUT2D eigenvalue weighted by Crippen LogP contribution is -2.40. The van der Waals surface area contributed by atoms with Gasteiger partial charge in [-0.25, -0.2) is 8.42 Å². The average molecular weight is 488 g/mol. The molecular formula is C20H23Cl2N3O5S. The van der Waals surface area contributed by atoms with E-state index in [0.29, 0.717) is 42.0 Å². The van der Waals surface area contributed by atoms with Crippen molar-refractivity contribution in [2.45, 2.75) is 11.8 Å². The summed E-state index contributed by atoms with van der Waals surface area (Å²) in [6.07, 6.45) is 0. The van der Waals surface area contributed by atoms with Gasteiger partial charge >= 0.3 is 0 Å². The summed E-state index contributed by atoms with van der Waals surface area (Å²) >= 11 is 12.3. The van der Waals surface area contributed by atoms with E-state index < -0.39 is 10.0 Å². The van der Waals surface area contributed by atoms with Crippen LogP contribution in [0.2, 0.25) is 10.0 Å². The van der Waals surface area contributed by atoms with Crippen molar-refractivity contribution < 1.29 is 22.7 Å². The Morgan fingerprint density at radius 2 is 1.90 bits per heavy atom. The molecule has 0 spiro atoms. The normalized spacial score (nSPS) is 14.8. The number of hydrogen-bond acceptors (Lipinski definition) is 6. The van der Waals surface area contributed by atoms with Gasteiger partial charge in [-0.15, -0.1) is 0 Å². The van der Waals surface area contributed by atoms with Crippen molar-refractivity contribution in [3.63, 3.8) is 0 Å². The molecule has 1 aliphatic heterocycles. The number of nitrogens with zero attached hydrogens (tertiary/aromatic N) is 1. The van der Waals surface area contributed by atoms with Crippen molar-refractivity contribution >= 4 is 50.5 Å². The van der Waals surface area contributed by atoms with Crippen molar-refractivity contribution in [2.75, 3.05) is 50.1 Å². The maximum atomic E-state index is 12.9. The van der Waals surface area contributed by atoms with Crippen LogP contribution >= 0.6 is 23.2 Å². The third kappa shape index (κ3) is 5.81. The van der Waals surface area contributed by atoms with Gasteiger partial charge in [-0.1, -0.05) is 29.3 Å². The molecule has 3 rings (SSSR count). The van der Waals surface area contributed by atoms with Crippen molar-refractivity contribution in [1.29, 1.82) is 0 Å². The van der Waals surface area contributed by atoms with E-state index in [-0.39, 0.29) is 35.5 Å². The molecule has 2 N–H and O–H groups in total. The second-order valence-electron chi connectivity index (χ2n) is 6.61. The smallest absolute Gasteiger partial charge is 0.244 e. The summed E-state index contributed by atoms with van der Waals surface area (Å²) in [5, 5.41) is 6.18. The van der Waals surface area contributed by atoms with Crippen molar-refractivity contribution in [1.82, 2.24) is 4.31 Å². The molecule has 11 heteroatoms. The minimum absolute atomic E-state index is 0.0599. The molecule has 0 radical (unpaired) electrons. The molecule has 31 heavy (non-hydrogen) atoms. The monoisotopic (exact) mass is 487 g/mol. The van der Waals surface area contributed by atoms with Gasteiger partial charge in [0.05, 0.1) is 42.1 Å². The second-order valence-corrected chi connectivity index (χ2v) is 9.33. The van der Waals surface area contributed by atoms with Crippen LogP contribution in [-0.2, 0) is 19.6 Å². The molecule has 0 saturated carbocycles. The summed E-state index contributed by atoms with van der Waals surface area (Å²) in [5.41, 5.74) is 0.898. The van der Waals surface area contributed by atoms with E-state index in [1.807, 2.05) is 6.92 Å². The van der Waals surface area contributed by atoms with Crippen LogP contribution < -0.4 is 15.4 Å². The van der Waals surface area contributed by atoms with E-state index in [4.69, 9.17) is 32.7 Å². The van der Waals surface area contributed by atoms with Crippen molar-refractivity contribution in [3.8, 4) is 5.75 Å². The number of hydrogen-bond donors (Lipinski definition) is 2. The Labute approximate surface area is 191 Å². The van der Waals surface area contributed by atoms with Crippen LogP contribution in [0.25, 0.3) is 0 Å². The zero-order valence-corrected chi connectivity index (χ0v) is 19.2. The Morgan fingerprint density at radius 1 is 1.16 bits per heavy atom. The fourth-order valence-electron chi connectivity index (χ4n) is 3.02. The molecule has 2 aromatic rings. The van der Waals surface area contributed by atoms with Gasteiger partial charge in [-0.2, -0.15) is 4.31 Å². The molecule has 1 heterocycles. The summed E-state index contributed by atoms with van der Waals surface area (Å²) in [6.45, 7) is 3.34. The molecular weight excluding hydrogens is 465 g/mol. The first-order chi connectivity index (χ1) is 14.8. The minimum atomic E-state index is -3.80. The van der Waals surface area contributed by atoms with Gasteiger partial charge in [0.2, 0.25) is 15.9 Å².